The molecular weight excluding hydrogens is 552 g/mol. The third-order valence-corrected chi connectivity index (χ3v) is 11.4. The lowest BCUT2D eigenvalue weighted by Gasteiger charge is -2.58. The van der Waals surface area contributed by atoms with Crippen LogP contribution in [0.5, 0.6) is 0 Å². The summed E-state index contributed by atoms with van der Waals surface area (Å²) in [6.45, 7) is 34.6. The van der Waals surface area contributed by atoms with Crippen molar-refractivity contribution < 1.29 is 14.3 Å². The van der Waals surface area contributed by atoms with Crippen LogP contribution in [0.15, 0.2) is 36.4 Å². The molecule has 3 rings (SSSR count). The molecular formula is C37H62N2O3S. The Balaban J connectivity index is 0.00000316. The van der Waals surface area contributed by atoms with Gasteiger partial charge in [0.1, 0.15) is 6.23 Å². The van der Waals surface area contributed by atoms with E-state index in [0.717, 1.165) is 24.1 Å². The number of thiol groups is 1. The summed E-state index contributed by atoms with van der Waals surface area (Å²) in [5.74, 6) is -0.415. The maximum Gasteiger partial charge on any atom is 0.233 e. The first-order valence-corrected chi connectivity index (χ1v) is 16.9. The molecule has 1 aromatic carbocycles. The van der Waals surface area contributed by atoms with E-state index in [1.807, 2.05) is 0 Å². The Morgan fingerprint density at radius 2 is 1.44 bits per heavy atom. The maximum atomic E-state index is 13.4. The Morgan fingerprint density at radius 3 is 1.95 bits per heavy atom. The van der Waals surface area contributed by atoms with E-state index < -0.39 is 0 Å². The Bertz CT molecular complexity index is 1120. The van der Waals surface area contributed by atoms with Gasteiger partial charge in [0.2, 0.25) is 11.8 Å². The van der Waals surface area contributed by atoms with E-state index >= 15 is 0 Å². The van der Waals surface area contributed by atoms with Crippen molar-refractivity contribution in [2.75, 3.05) is 32.5 Å². The van der Waals surface area contributed by atoms with Gasteiger partial charge in [0, 0.05) is 26.1 Å². The molecule has 0 saturated carbocycles. The summed E-state index contributed by atoms with van der Waals surface area (Å²) in [5.41, 5.74) is 3.77. The average molecular weight is 615 g/mol. The second kappa shape index (κ2) is 13.8. The molecule has 0 spiro atoms. The van der Waals surface area contributed by atoms with Gasteiger partial charge in [0.15, 0.2) is 0 Å². The van der Waals surface area contributed by atoms with Crippen LogP contribution in [0.1, 0.15) is 120 Å². The van der Waals surface area contributed by atoms with Gasteiger partial charge in [0.05, 0.1) is 12.5 Å². The molecule has 0 N–H and O–H groups in total. The molecule has 2 aliphatic rings. The number of allylic oxidation sites excluding steroid dienone is 1. The van der Waals surface area contributed by atoms with Crippen LogP contribution in [0.2, 0.25) is 0 Å². The van der Waals surface area contributed by atoms with Gasteiger partial charge in [-0.2, -0.15) is 12.6 Å². The molecule has 2 unspecified atom stereocenters. The third-order valence-electron chi connectivity index (χ3n) is 11.4. The highest BCUT2D eigenvalue weighted by molar-refractivity contribution is 7.79. The highest BCUT2D eigenvalue weighted by atomic mass is 32.1. The van der Waals surface area contributed by atoms with Crippen LogP contribution in [0.3, 0.4) is 0 Å². The molecule has 0 aromatic heterocycles. The Labute approximate surface area is 269 Å². The van der Waals surface area contributed by atoms with Crippen molar-refractivity contribution in [3.05, 3.63) is 47.5 Å². The summed E-state index contributed by atoms with van der Waals surface area (Å²) in [6.07, 6.45) is 3.24. The molecule has 2 amide bonds. The summed E-state index contributed by atoms with van der Waals surface area (Å²) in [5, 5.41) is 0. The molecule has 2 aliphatic heterocycles. The van der Waals surface area contributed by atoms with Crippen LogP contribution in [0, 0.1) is 27.6 Å². The number of rotatable bonds is 10. The number of nitrogens with zero attached hydrogens (tertiary/aromatic N) is 2. The second-order valence-electron chi connectivity index (χ2n) is 16.4. The van der Waals surface area contributed by atoms with Crippen molar-refractivity contribution in [2.45, 2.75) is 114 Å². The number of carbonyl (C=O) groups excluding carboxylic acids is 2. The number of imide groups is 1. The predicted molar refractivity (Wildman–Crippen MR) is 184 cm³/mol. The maximum absolute atomic E-state index is 13.4. The van der Waals surface area contributed by atoms with Gasteiger partial charge >= 0.3 is 0 Å². The molecule has 1 aromatic rings. The van der Waals surface area contributed by atoms with E-state index in [1.165, 1.54) is 10.5 Å². The summed E-state index contributed by atoms with van der Waals surface area (Å²) in [4.78, 5) is 30.1. The molecule has 6 heteroatoms. The molecule has 43 heavy (non-hydrogen) atoms. The topological polar surface area (TPSA) is 49.9 Å². The van der Waals surface area contributed by atoms with E-state index in [9.17, 15) is 9.59 Å². The van der Waals surface area contributed by atoms with Crippen molar-refractivity contribution in [2.24, 2.45) is 27.6 Å². The third kappa shape index (κ3) is 8.16. The average Bonchev–Trinajstić information content (AvgIpc) is 3.46. The lowest BCUT2D eigenvalue weighted by atomic mass is 9.47. The summed E-state index contributed by atoms with van der Waals surface area (Å²) < 4.78 is 6.06. The van der Waals surface area contributed by atoms with E-state index in [0.29, 0.717) is 26.1 Å². The highest BCUT2D eigenvalue weighted by Crippen LogP contribution is 2.60. The summed E-state index contributed by atoms with van der Waals surface area (Å²) in [7, 11) is 0. The Morgan fingerprint density at radius 1 is 0.884 bits per heavy atom. The first-order valence-electron chi connectivity index (χ1n) is 16.0. The number of ether oxygens (including phenoxy) is 1. The lowest BCUT2D eigenvalue weighted by Crippen LogP contribution is -2.51. The predicted octanol–water partition coefficient (Wildman–Crippen LogP) is 8.70. The van der Waals surface area contributed by atoms with Crippen molar-refractivity contribution in [1.29, 1.82) is 0 Å². The van der Waals surface area contributed by atoms with Crippen molar-refractivity contribution in [1.82, 2.24) is 9.80 Å². The fourth-order valence-corrected chi connectivity index (χ4v) is 6.61. The van der Waals surface area contributed by atoms with E-state index in [-0.39, 0.29) is 57.5 Å². The molecule has 244 valence electrons. The highest BCUT2D eigenvalue weighted by Gasteiger charge is 2.53. The quantitative estimate of drug-likeness (QED) is 0.163. The number of amides is 2. The zero-order valence-electron chi connectivity index (χ0n) is 29.7. The van der Waals surface area contributed by atoms with Gasteiger partial charge in [-0.15, -0.1) is 0 Å². The van der Waals surface area contributed by atoms with Crippen molar-refractivity contribution >= 4 is 24.4 Å². The first kappa shape index (κ1) is 37.6. The molecule has 0 bridgehead atoms. The SMILES string of the molecule is C=C(CC1CC(=O)N(CCN2CCOC2c2ccc(C(C)(C)C)cc2)C1=O)CC(C)(C)C(C)(C)C(C)(C)C(C)(C)C.CS. The van der Waals surface area contributed by atoms with E-state index in [1.54, 1.807) is 6.26 Å². The Kier molecular flexibility index (Phi) is 12.0. The van der Waals surface area contributed by atoms with Crippen LogP contribution >= 0.6 is 12.6 Å². The molecule has 2 fully saturated rings. The lowest BCUT2D eigenvalue weighted by molar-refractivity contribution is -0.139. The van der Waals surface area contributed by atoms with Crippen molar-refractivity contribution in [3.63, 3.8) is 0 Å². The van der Waals surface area contributed by atoms with Gasteiger partial charge in [-0.1, -0.05) is 120 Å². The Hall–Kier alpha value is -1.63. The molecule has 0 aliphatic carbocycles. The van der Waals surface area contributed by atoms with E-state index in [4.69, 9.17) is 4.74 Å². The number of likely N-dealkylation sites (tertiary alicyclic amines) is 1. The molecule has 2 atom stereocenters. The number of benzene rings is 1. The smallest absolute Gasteiger partial charge is 0.233 e. The normalized spacial score (nSPS) is 20.8. The van der Waals surface area contributed by atoms with Crippen LogP contribution in [-0.2, 0) is 19.7 Å². The number of carbonyl (C=O) groups is 2. The largest absolute Gasteiger partial charge is 0.358 e. The molecule has 2 heterocycles. The number of hydrogen-bond donors (Lipinski definition) is 1. The molecule has 2 saturated heterocycles. The van der Waals surface area contributed by atoms with Gasteiger partial charge in [-0.25, -0.2) is 0 Å². The fourth-order valence-electron chi connectivity index (χ4n) is 6.61. The van der Waals surface area contributed by atoms with Gasteiger partial charge in [-0.3, -0.25) is 19.4 Å². The molecule has 0 radical (unpaired) electrons. The zero-order valence-corrected chi connectivity index (χ0v) is 30.6. The summed E-state index contributed by atoms with van der Waals surface area (Å²) >= 11 is 3.53. The van der Waals surface area contributed by atoms with Crippen LogP contribution < -0.4 is 0 Å². The van der Waals surface area contributed by atoms with Crippen LogP contribution in [-0.4, -0.2) is 54.1 Å². The standard InChI is InChI=1S/C36H58N2O3.CH4S/c1-25(24-34(8,9)36(12,13)35(10,11)33(5,6)7)22-27-23-29(39)38(30(27)40)19-18-37-20-21-41-31(37)26-14-16-28(17-15-26)32(2,3)4;1-2/h14-17,27,31H,1,18-24H2,2-13H3;2H,1H3. The fraction of sp³-hybridized carbons (Fsp3) is 0.730. The first-order chi connectivity index (χ1) is 19.6. The van der Waals surface area contributed by atoms with Gasteiger partial charge < -0.3 is 4.74 Å². The minimum Gasteiger partial charge on any atom is -0.358 e. The van der Waals surface area contributed by atoms with Gasteiger partial charge in [0.25, 0.3) is 0 Å². The second-order valence-corrected chi connectivity index (χ2v) is 16.4. The number of hydrogen-bond acceptors (Lipinski definition) is 5. The zero-order chi connectivity index (χ0) is 33.2. The minimum atomic E-state index is -0.305. The molecule has 5 nitrogen and oxygen atoms in total. The van der Waals surface area contributed by atoms with Crippen LogP contribution in [0.4, 0.5) is 0 Å². The minimum absolute atomic E-state index is 0.0180. The van der Waals surface area contributed by atoms with E-state index in [2.05, 4.69) is 131 Å². The van der Waals surface area contributed by atoms with Crippen molar-refractivity contribution in [3.8, 4) is 0 Å². The van der Waals surface area contributed by atoms with Crippen LogP contribution in [0.25, 0.3) is 0 Å². The van der Waals surface area contributed by atoms with Gasteiger partial charge in [-0.05, 0) is 57.3 Å². The monoisotopic (exact) mass is 614 g/mol. The summed E-state index contributed by atoms with van der Waals surface area (Å²) in [6, 6.07) is 8.63.